The van der Waals surface area contributed by atoms with Gasteiger partial charge in [-0.1, -0.05) is 13.0 Å². The van der Waals surface area contributed by atoms with Crippen LogP contribution in [0.25, 0.3) is 0 Å². The van der Waals surface area contributed by atoms with Crippen molar-refractivity contribution in [3.63, 3.8) is 0 Å². The number of aromatic amines is 1. The standard InChI is InChI=1S/C16H17N3O4/c1-2-11-8-12(19-18-11)15(20)17-14(16(21)22)10-3-4-13-9(7-10)5-6-23-13/h3-4,7-8,14H,2,5-6H2,1H3,(H,17,20)(H,18,19)(H,21,22)/t14-/m0/s1. The van der Waals surface area contributed by atoms with Crippen LogP contribution in [-0.4, -0.2) is 33.8 Å². The second kappa shape index (κ2) is 6.12. The summed E-state index contributed by atoms with van der Waals surface area (Å²) in [4.78, 5) is 23.8. The number of carbonyl (C=O) groups is 2. The largest absolute Gasteiger partial charge is 0.493 e. The predicted octanol–water partition coefficient (Wildman–Crippen LogP) is 1.46. The molecule has 0 saturated carbocycles. The zero-order valence-electron chi connectivity index (χ0n) is 12.6. The molecule has 120 valence electrons. The number of amides is 1. The Kier molecular flexibility index (Phi) is 4.01. The number of aliphatic carboxylic acids is 1. The summed E-state index contributed by atoms with van der Waals surface area (Å²) >= 11 is 0. The van der Waals surface area contributed by atoms with Crippen LogP contribution in [0.1, 0.15) is 40.3 Å². The van der Waals surface area contributed by atoms with Crippen molar-refractivity contribution in [2.75, 3.05) is 6.61 Å². The summed E-state index contributed by atoms with van der Waals surface area (Å²) in [6.07, 6.45) is 1.45. The zero-order valence-corrected chi connectivity index (χ0v) is 12.6. The Morgan fingerprint density at radius 3 is 2.96 bits per heavy atom. The number of aromatic nitrogens is 2. The van der Waals surface area contributed by atoms with E-state index in [1.54, 1.807) is 24.3 Å². The fraction of sp³-hybridized carbons (Fsp3) is 0.312. The van der Waals surface area contributed by atoms with E-state index >= 15 is 0 Å². The third kappa shape index (κ3) is 3.03. The minimum atomic E-state index is -1.13. The summed E-state index contributed by atoms with van der Waals surface area (Å²) in [6.45, 7) is 2.53. The third-order valence-corrected chi connectivity index (χ3v) is 3.81. The molecule has 1 aromatic carbocycles. The first-order valence-corrected chi connectivity index (χ1v) is 7.42. The van der Waals surface area contributed by atoms with Crippen LogP contribution in [0.5, 0.6) is 5.75 Å². The number of carbonyl (C=O) groups excluding carboxylic acids is 1. The van der Waals surface area contributed by atoms with Gasteiger partial charge in [0.1, 0.15) is 11.4 Å². The second-order valence-electron chi connectivity index (χ2n) is 5.34. The minimum absolute atomic E-state index is 0.178. The highest BCUT2D eigenvalue weighted by molar-refractivity contribution is 5.95. The van der Waals surface area contributed by atoms with Crippen LogP contribution in [-0.2, 0) is 17.6 Å². The quantitative estimate of drug-likeness (QED) is 0.775. The number of aryl methyl sites for hydroxylation is 1. The van der Waals surface area contributed by atoms with Gasteiger partial charge in [-0.15, -0.1) is 0 Å². The number of H-pyrrole nitrogens is 1. The Labute approximate surface area is 132 Å². The van der Waals surface area contributed by atoms with Crippen molar-refractivity contribution < 1.29 is 19.4 Å². The lowest BCUT2D eigenvalue weighted by molar-refractivity contribution is -0.139. The third-order valence-electron chi connectivity index (χ3n) is 3.81. The summed E-state index contributed by atoms with van der Waals surface area (Å²) in [5.74, 6) is -0.877. The van der Waals surface area contributed by atoms with Gasteiger partial charge in [-0.25, -0.2) is 4.79 Å². The molecule has 7 nitrogen and oxygen atoms in total. The summed E-state index contributed by atoms with van der Waals surface area (Å²) in [5, 5.41) is 18.6. The lowest BCUT2D eigenvalue weighted by Crippen LogP contribution is -2.34. The molecule has 3 N–H and O–H groups in total. The highest BCUT2D eigenvalue weighted by Crippen LogP contribution is 2.28. The van der Waals surface area contributed by atoms with E-state index < -0.39 is 17.9 Å². The van der Waals surface area contributed by atoms with Crippen LogP contribution in [0.15, 0.2) is 24.3 Å². The summed E-state index contributed by atoms with van der Waals surface area (Å²) in [5.41, 5.74) is 2.46. The van der Waals surface area contributed by atoms with Crippen LogP contribution in [0.2, 0.25) is 0 Å². The molecule has 1 aromatic heterocycles. The van der Waals surface area contributed by atoms with Crippen LogP contribution < -0.4 is 10.1 Å². The lowest BCUT2D eigenvalue weighted by atomic mass is 10.0. The maximum Gasteiger partial charge on any atom is 0.330 e. The summed E-state index contributed by atoms with van der Waals surface area (Å²) in [6, 6.07) is 5.65. The number of ether oxygens (including phenoxy) is 1. The molecule has 0 aliphatic carbocycles. The van der Waals surface area contributed by atoms with Crippen LogP contribution >= 0.6 is 0 Å². The molecule has 0 radical (unpaired) electrons. The Morgan fingerprint density at radius 2 is 2.26 bits per heavy atom. The molecule has 2 heterocycles. The topological polar surface area (TPSA) is 104 Å². The Hall–Kier alpha value is -2.83. The molecule has 0 saturated heterocycles. The smallest absolute Gasteiger partial charge is 0.330 e. The molecule has 0 bridgehead atoms. The molecular weight excluding hydrogens is 298 g/mol. The maximum atomic E-state index is 12.2. The number of hydrogen-bond donors (Lipinski definition) is 3. The van der Waals surface area contributed by atoms with Gasteiger partial charge in [0.25, 0.3) is 5.91 Å². The zero-order chi connectivity index (χ0) is 16.4. The maximum absolute atomic E-state index is 12.2. The van der Waals surface area contributed by atoms with Gasteiger partial charge >= 0.3 is 5.97 Å². The van der Waals surface area contributed by atoms with Gasteiger partial charge in [0, 0.05) is 12.1 Å². The van der Waals surface area contributed by atoms with Crippen molar-refractivity contribution in [1.29, 1.82) is 0 Å². The average molecular weight is 315 g/mol. The fourth-order valence-corrected chi connectivity index (χ4v) is 2.54. The molecule has 3 rings (SSSR count). The molecule has 1 atom stereocenters. The monoisotopic (exact) mass is 315 g/mol. The summed E-state index contributed by atoms with van der Waals surface area (Å²) < 4.78 is 5.41. The van der Waals surface area contributed by atoms with Gasteiger partial charge in [-0.3, -0.25) is 9.89 Å². The van der Waals surface area contributed by atoms with Gasteiger partial charge in [-0.05, 0) is 35.7 Å². The van der Waals surface area contributed by atoms with Gasteiger partial charge in [0.2, 0.25) is 0 Å². The molecule has 2 aromatic rings. The molecule has 0 fully saturated rings. The average Bonchev–Trinajstić information content (AvgIpc) is 3.19. The second-order valence-corrected chi connectivity index (χ2v) is 5.34. The highest BCUT2D eigenvalue weighted by atomic mass is 16.5. The van der Waals surface area contributed by atoms with E-state index in [0.717, 1.165) is 23.4 Å². The van der Waals surface area contributed by atoms with Crippen molar-refractivity contribution >= 4 is 11.9 Å². The Morgan fingerprint density at radius 1 is 1.43 bits per heavy atom. The first-order valence-electron chi connectivity index (χ1n) is 7.42. The first-order chi connectivity index (χ1) is 11.1. The number of hydrogen-bond acceptors (Lipinski definition) is 4. The molecule has 23 heavy (non-hydrogen) atoms. The predicted molar refractivity (Wildman–Crippen MR) is 81.4 cm³/mol. The van der Waals surface area contributed by atoms with E-state index in [4.69, 9.17) is 4.74 Å². The molecular formula is C16H17N3O4. The number of carboxylic acids is 1. The van der Waals surface area contributed by atoms with E-state index in [-0.39, 0.29) is 5.69 Å². The molecule has 1 aliphatic rings. The number of rotatable bonds is 5. The molecule has 0 unspecified atom stereocenters. The van der Waals surface area contributed by atoms with Crippen molar-refractivity contribution in [2.24, 2.45) is 0 Å². The first kappa shape index (κ1) is 15.1. The number of carboxylic acid groups (broad SMARTS) is 1. The van der Waals surface area contributed by atoms with E-state index in [2.05, 4.69) is 15.5 Å². The fourth-order valence-electron chi connectivity index (χ4n) is 2.54. The highest BCUT2D eigenvalue weighted by Gasteiger charge is 2.25. The summed E-state index contributed by atoms with van der Waals surface area (Å²) in [7, 11) is 0. The van der Waals surface area contributed by atoms with Crippen LogP contribution in [0.3, 0.4) is 0 Å². The van der Waals surface area contributed by atoms with E-state index in [1.165, 1.54) is 0 Å². The SMILES string of the molecule is CCc1cc(C(=O)N[C@H](C(=O)O)c2ccc3c(c2)CCO3)n[nH]1. The van der Waals surface area contributed by atoms with Gasteiger partial charge in [0.05, 0.1) is 6.61 Å². The van der Waals surface area contributed by atoms with Crippen molar-refractivity contribution in [2.45, 2.75) is 25.8 Å². The van der Waals surface area contributed by atoms with E-state index in [9.17, 15) is 14.7 Å². The van der Waals surface area contributed by atoms with E-state index in [0.29, 0.717) is 18.6 Å². The van der Waals surface area contributed by atoms with Crippen molar-refractivity contribution in [3.8, 4) is 5.75 Å². The van der Waals surface area contributed by atoms with Gasteiger partial charge in [-0.2, -0.15) is 5.10 Å². The number of nitrogens with one attached hydrogen (secondary N) is 2. The minimum Gasteiger partial charge on any atom is -0.493 e. The van der Waals surface area contributed by atoms with Crippen LogP contribution in [0.4, 0.5) is 0 Å². The normalized spacial score (nSPS) is 14.0. The van der Waals surface area contributed by atoms with E-state index in [1.807, 2.05) is 6.92 Å². The molecule has 7 heteroatoms. The number of nitrogens with zero attached hydrogens (tertiary/aromatic N) is 1. The van der Waals surface area contributed by atoms with Crippen molar-refractivity contribution in [3.05, 3.63) is 46.8 Å². The van der Waals surface area contributed by atoms with Gasteiger partial charge in [0.15, 0.2) is 6.04 Å². The molecule has 1 amide bonds. The molecule has 1 aliphatic heterocycles. The lowest BCUT2D eigenvalue weighted by Gasteiger charge is -2.15. The number of benzene rings is 1. The Bertz CT molecular complexity index is 754. The number of fused-ring (bicyclic) bond motifs is 1. The van der Waals surface area contributed by atoms with Crippen LogP contribution in [0, 0.1) is 0 Å². The molecule has 0 spiro atoms. The Balaban J connectivity index is 1.81. The van der Waals surface area contributed by atoms with Gasteiger partial charge < -0.3 is 15.2 Å². The van der Waals surface area contributed by atoms with Crippen molar-refractivity contribution in [1.82, 2.24) is 15.5 Å².